The maximum Gasteiger partial charge on any atom is 0.319 e. The molecule has 0 bridgehead atoms. The van der Waals surface area contributed by atoms with E-state index >= 15 is 0 Å². The van der Waals surface area contributed by atoms with E-state index in [0.29, 0.717) is 28.4 Å². The van der Waals surface area contributed by atoms with E-state index in [1.54, 1.807) is 42.5 Å². The molecule has 1 aliphatic rings. The van der Waals surface area contributed by atoms with E-state index in [0.717, 1.165) is 43.7 Å². The van der Waals surface area contributed by atoms with Gasteiger partial charge in [-0.2, -0.15) is 0 Å². The SMILES string of the molecule is CCC(CC)NC(=O)Nc1ccc(Oc2ccc(NC(=O)c3ccc(-n4ccc(CN5CCCCC5)c4)c(C)c3)cc2)c(C(=O)NC)c1. The molecule has 0 atom stereocenters. The Balaban J connectivity index is 1.20. The minimum atomic E-state index is -0.353. The Labute approximate surface area is 282 Å². The van der Waals surface area contributed by atoms with E-state index in [-0.39, 0.29) is 29.5 Å². The maximum absolute atomic E-state index is 13.1. The number of nitrogens with one attached hydrogen (secondary N) is 4. The van der Waals surface area contributed by atoms with Gasteiger partial charge < -0.3 is 30.6 Å². The van der Waals surface area contributed by atoms with Crippen molar-refractivity contribution in [2.45, 2.75) is 65.5 Å². The molecule has 2 heterocycles. The smallest absolute Gasteiger partial charge is 0.319 e. The van der Waals surface area contributed by atoms with E-state index in [1.165, 1.54) is 31.9 Å². The molecule has 1 aliphatic heterocycles. The largest absolute Gasteiger partial charge is 0.457 e. The van der Waals surface area contributed by atoms with E-state index in [1.807, 2.05) is 39.0 Å². The highest BCUT2D eigenvalue weighted by Crippen LogP contribution is 2.29. The predicted molar refractivity (Wildman–Crippen MR) is 190 cm³/mol. The number of ether oxygens (including phenoxy) is 1. The van der Waals surface area contributed by atoms with E-state index in [2.05, 4.69) is 49.2 Å². The van der Waals surface area contributed by atoms with Crippen molar-refractivity contribution in [2.75, 3.05) is 30.8 Å². The summed E-state index contributed by atoms with van der Waals surface area (Å²) in [5, 5.41) is 11.3. The molecule has 0 spiro atoms. The fourth-order valence-electron chi connectivity index (χ4n) is 5.94. The Bertz CT molecular complexity index is 1720. The Hall–Kier alpha value is -5.09. The van der Waals surface area contributed by atoms with Crippen LogP contribution >= 0.6 is 0 Å². The number of hydrogen-bond donors (Lipinski definition) is 4. The standard InChI is InChI=1S/C38H46N6O4/c1-5-29(6-2)41-38(47)42-31-13-17-35(33(23-31)37(46)39-4)48-32-14-11-30(12-15-32)40-36(45)28-10-16-34(26(3)22-28)44-21-18-27(25-44)24-43-19-8-7-9-20-43/h10-18,21-23,25,29H,5-9,19-20,24H2,1-4H3,(H,39,46)(H,40,45)(H2,41,42,47). The van der Waals surface area contributed by atoms with Crippen LogP contribution in [0, 0.1) is 6.92 Å². The van der Waals surface area contributed by atoms with E-state index in [9.17, 15) is 14.4 Å². The van der Waals surface area contributed by atoms with Crippen LogP contribution in [0.25, 0.3) is 5.69 Å². The first-order valence-corrected chi connectivity index (χ1v) is 16.8. The average Bonchev–Trinajstić information content (AvgIpc) is 3.56. The van der Waals surface area contributed by atoms with Gasteiger partial charge in [-0.1, -0.05) is 20.3 Å². The van der Waals surface area contributed by atoms with Crippen LogP contribution in [0.2, 0.25) is 0 Å². The zero-order valence-electron chi connectivity index (χ0n) is 28.3. The van der Waals surface area contributed by atoms with Crippen molar-refractivity contribution in [3.63, 3.8) is 0 Å². The van der Waals surface area contributed by atoms with Gasteiger partial charge in [-0.05, 0) is 124 Å². The summed E-state index contributed by atoms with van der Waals surface area (Å²) in [4.78, 5) is 40.7. The molecule has 1 aromatic heterocycles. The van der Waals surface area contributed by atoms with Crippen LogP contribution in [-0.2, 0) is 6.54 Å². The first kappa shape index (κ1) is 34.3. The van der Waals surface area contributed by atoms with Gasteiger partial charge in [0.1, 0.15) is 11.5 Å². The molecule has 48 heavy (non-hydrogen) atoms. The van der Waals surface area contributed by atoms with Crippen molar-refractivity contribution in [1.82, 2.24) is 20.1 Å². The van der Waals surface area contributed by atoms with Gasteiger partial charge >= 0.3 is 6.03 Å². The highest BCUT2D eigenvalue weighted by molar-refractivity contribution is 6.04. The van der Waals surface area contributed by atoms with Crippen LogP contribution in [0.1, 0.15) is 77.8 Å². The zero-order valence-corrected chi connectivity index (χ0v) is 28.3. The van der Waals surface area contributed by atoms with Gasteiger partial charge in [0.2, 0.25) is 0 Å². The molecule has 1 fully saturated rings. The molecular formula is C38H46N6O4. The van der Waals surface area contributed by atoms with Gasteiger partial charge in [0.25, 0.3) is 11.8 Å². The van der Waals surface area contributed by atoms with Gasteiger partial charge in [0.05, 0.1) is 5.56 Å². The molecule has 3 aromatic carbocycles. The molecular weight excluding hydrogens is 604 g/mol. The van der Waals surface area contributed by atoms with Crippen molar-refractivity contribution < 1.29 is 19.1 Å². The quantitative estimate of drug-likeness (QED) is 0.127. The summed E-state index contributed by atoms with van der Waals surface area (Å²) in [7, 11) is 1.53. The third-order valence-electron chi connectivity index (χ3n) is 8.72. The van der Waals surface area contributed by atoms with Crippen molar-refractivity contribution in [3.8, 4) is 17.2 Å². The maximum atomic E-state index is 13.1. The molecule has 4 aromatic rings. The third kappa shape index (κ3) is 8.83. The number of aryl methyl sites for hydroxylation is 1. The Morgan fingerprint density at radius 1 is 0.833 bits per heavy atom. The summed E-state index contributed by atoms with van der Waals surface area (Å²) in [6, 6.07) is 19.5. The number of anilines is 2. The number of carbonyl (C=O) groups is 3. The molecule has 252 valence electrons. The second kappa shape index (κ2) is 16.1. The van der Waals surface area contributed by atoms with Gasteiger partial charge in [-0.25, -0.2) is 4.79 Å². The first-order valence-electron chi connectivity index (χ1n) is 16.8. The Morgan fingerprint density at radius 3 is 2.25 bits per heavy atom. The van der Waals surface area contributed by atoms with Crippen molar-refractivity contribution in [3.05, 3.63) is 101 Å². The third-order valence-corrected chi connectivity index (χ3v) is 8.72. The van der Waals surface area contributed by atoms with Gasteiger partial charge in [-0.3, -0.25) is 14.5 Å². The van der Waals surface area contributed by atoms with Crippen LogP contribution in [0.3, 0.4) is 0 Å². The lowest BCUT2D eigenvalue weighted by atomic mass is 10.1. The van der Waals surface area contributed by atoms with Crippen LogP contribution in [-0.4, -0.2) is 53.5 Å². The van der Waals surface area contributed by atoms with Crippen LogP contribution in [0.5, 0.6) is 11.5 Å². The number of urea groups is 1. The number of aromatic nitrogens is 1. The molecule has 10 nitrogen and oxygen atoms in total. The Morgan fingerprint density at radius 2 is 1.56 bits per heavy atom. The fourth-order valence-corrected chi connectivity index (χ4v) is 5.94. The summed E-state index contributed by atoms with van der Waals surface area (Å²) in [6.07, 6.45) is 9.79. The number of likely N-dealkylation sites (tertiary alicyclic amines) is 1. The minimum Gasteiger partial charge on any atom is -0.457 e. The fraction of sp³-hybridized carbons (Fsp3) is 0.342. The second-order valence-corrected chi connectivity index (χ2v) is 12.2. The zero-order chi connectivity index (χ0) is 34.0. The number of piperidine rings is 1. The molecule has 0 aliphatic carbocycles. The summed E-state index contributed by atoms with van der Waals surface area (Å²) >= 11 is 0. The molecule has 0 radical (unpaired) electrons. The highest BCUT2D eigenvalue weighted by Gasteiger charge is 2.17. The van der Waals surface area contributed by atoms with Gasteiger partial charge in [0.15, 0.2) is 0 Å². The summed E-state index contributed by atoms with van der Waals surface area (Å²) in [6.45, 7) is 9.33. The van der Waals surface area contributed by atoms with E-state index in [4.69, 9.17) is 4.74 Å². The lowest BCUT2D eigenvalue weighted by Gasteiger charge is -2.25. The molecule has 5 rings (SSSR count). The first-order chi connectivity index (χ1) is 23.3. The number of nitrogens with zero attached hydrogens (tertiary/aromatic N) is 2. The van der Waals surface area contributed by atoms with Gasteiger partial charge in [-0.15, -0.1) is 0 Å². The normalized spacial score (nSPS) is 13.2. The van der Waals surface area contributed by atoms with Crippen LogP contribution in [0.15, 0.2) is 79.1 Å². The summed E-state index contributed by atoms with van der Waals surface area (Å²) in [5.41, 5.74) is 5.26. The highest BCUT2D eigenvalue weighted by atomic mass is 16.5. The number of benzene rings is 3. The monoisotopic (exact) mass is 650 g/mol. The summed E-state index contributed by atoms with van der Waals surface area (Å²) < 4.78 is 8.17. The van der Waals surface area contributed by atoms with Crippen molar-refractivity contribution in [2.24, 2.45) is 0 Å². The number of hydrogen-bond acceptors (Lipinski definition) is 5. The molecule has 0 saturated carbocycles. The topological polar surface area (TPSA) is 117 Å². The second-order valence-electron chi connectivity index (χ2n) is 12.2. The van der Waals surface area contributed by atoms with Crippen molar-refractivity contribution >= 4 is 29.2 Å². The lowest BCUT2D eigenvalue weighted by molar-refractivity contribution is 0.0959. The van der Waals surface area contributed by atoms with Crippen molar-refractivity contribution in [1.29, 1.82) is 0 Å². The molecule has 4 amide bonds. The average molecular weight is 651 g/mol. The predicted octanol–water partition coefficient (Wildman–Crippen LogP) is 7.49. The number of carbonyl (C=O) groups excluding carboxylic acids is 3. The van der Waals surface area contributed by atoms with Crippen LogP contribution in [0.4, 0.5) is 16.2 Å². The van der Waals surface area contributed by atoms with Gasteiger partial charge in [0, 0.05) is 54.7 Å². The molecule has 10 heteroatoms. The lowest BCUT2D eigenvalue weighted by Crippen LogP contribution is -2.37. The van der Waals surface area contributed by atoms with Crippen LogP contribution < -0.4 is 26.0 Å². The number of rotatable bonds is 12. The molecule has 0 unspecified atom stereocenters. The molecule has 4 N–H and O–H groups in total. The minimum absolute atomic E-state index is 0.0707. The molecule has 1 saturated heterocycles. The van der Waals surface area contributed by atoms with E-state index < -0.39 is 0 Å². The summed E-state index contributed by atoms with van der Waals surface area (Å²) in [5.74, 6) is 0.245. The number of amides is 4. The Kier molecular flexibility index (Phi) is 11.5.